The van der Waals surface area contributed by atoms with Crippen molar-refractivity contribution in [2.24, 2.45) is 11.8 Å². The highest BCUT2D eigenvalue weighted by Crippen LogP contribution is 2.37. The maximum Gasteiger partial charge on any atom is 0.254 e. The number of nitriles is 1. The first-order valence-corrected chi connectivity index (χ1v) is 11.9. The van der Waals surface area contributed by atoms with Crippen LogP contribution in [-0.2, 0) is 4.79 Å². The number of carbonyl (C=O) groups is 2. The van der Waals surface area contributed by atoms with Gasteiger partial charge in [-0.1, -0.05) is 37.5 Å². The van der Waals surface area contributed by atoms with Gasteiger partial charge in [0.15, 0.2) is 0 Å². The lowest BCUT2D eigenvalue weighted by Gasteiger charge is -2.41. The Bertz CT molecular complexity index is 1000. The molecule has 5 nitrogen and oxygen atoms in total. The zero-order chi connectivity index (χ0) is 21.6. The van der Waals surface area contributed by atoms with E-state index in [-0.39, 0.29) is 17.6 Å². The average molecular weight is 434 g/mol. The molecule has 2 atom stereocenters. The van der Waals surface area contributed by atoms with Crippen molar-refractivity contribution in [1.82, 2.24) is 4.90 Å². The van der Waals surface area contributed by atoms with Crippen LogP contribution in [0.25, 0.3) is 0 Å². The molecule has 0 spiro atoms. The quantitative estimate of drug-likeness (QED) is 0.678. The van der Waals surface area contributed by atoms with E-state index in [9.17, 15) is 9.59 Å². The monoisotopic (exact) mass is 433 g/mol. The van der Waals surface area contributed by atoms with Gasteiger partial charge in [-0.15, -0.1) is 11.8 Å². The van der Waals surface area contributed by atoms with Crippen LogP contribution in [-0.4, -0.2) is 35.6 Å². The first-order chi connectivity index (χ1) is 15.1. The fraction of sp³-hybridized carbons (Fsp3) is 0.400. The second-order valence-electron chi connectivity index (χ2n) is 8.37. The number of likely N-dealkylation sites (tertiary alicyclic amines) is 1. The third kappa shape index (κ3) is 5.29. The molecule has 0 aromatic heterocycles. The summed E-state index contributed by atoms with van der Waals surface area (Å²) in [6.07, 6.45) is 6.26. The normalized spacial score (nSPS) is 20.4. The highest BCUT2D eigenvalue weighted by Gasteiger charge is 2.33. The van der Waals surface area contributed by atoms with Crippen LogP contribution in [0, 0.1) is 23.2 Å². The number of nitrogens with zero attached hydrogens (tertiary/aromatic N) is 2. The van der Waals surface area contributed by atoms with Gasteiger partial charge in [-0.3, -0.25) is 9.59 Å². The van der Waals surface area contributed by atoms with Crippen LogP contribution < -0.4 is 5.32 Å². The van der Waals surface area contributed by atoms with Crippen molar-refractivity contribution < 1.29 is 9.59 Å². The number of thioether (sulfide) groups is 1. The van der Waals surface area contributed by atoms with Crippen molar-refractivity contribution in [3.63, 3.8) is 0 Å². The van der Waals surface area contributed by atoms with Gasteiger partial charge in [-0.05, 0) is 55.0 Å². The Morgan fingerprint density at radius 2 is 1.87 bits per heavy atom. The van der Waals surface area contributed by atoms with Gasteiger partial charge in [0.1, 0.15) is 0 Å². The Labute approximate surface area is 187 Å². The number of benzene rings is 2. The molecule has 1 heterocycles. The summed E-state index contributed by atoms with van der Waals surface area (Å²) >= 11 is 1.37. The van der Waals surface area contributed by atoms with E-state index in [0.717, 1.165) is 30.3 Å². The van der Waals surface area contributed by atoms with E-state index in [0.29, 0.717) is 22.7 Å². The molecule has 0 bridgehead atoms. The zero-order valence-corrected chi connectivity index (χ0v) is 18.4. The molecule has 31 heavy (non-hydrogen) atoms. The predicted molar refractivity (Wildman–Crippen MR) is 123 cm³/mol. The molecule has 1 N–H and O–H groups in total. The molecule has 2 fully saturated rings. The molecule has 2 amide bonds. The lowest BCUT2D eigenvalue weighted by atomic mass is 9.75. The molecule has 4 rings (SSSR count). The Hall–Kier alpha value is -2.78. The van der Waals surface area contributed by atoms with E-state index in [2.05, 4.69) is 11.4 Å². The van der Waals surface area contributed by atoms with Crippen molar-refractivity contribution >= 4 is 29.3 Å². The maximum absolute atomic E-state index is 13.3. The van der Waals surface area contributed by atoms with Crippen molar-refractivity contribution in [2.45, 2.75) is 37.0 Å². The molecule has 1 saturated heterocycles. The molecular weight excluding hydrogens is 406 g/mol. The topological polar surface area (TPSA) is 73.2 Å². The lowest BCUT2D eigenvalue weighted by Crippen LogP contribution is -2.44. The number of fused-ring (bicyclic) bond motifs is 1. The van der Waals surface area contributed by atoms with Crippen LogP contribution in [0.3, 0.4) is 0 Å². The minimum atomic E-state index is -0.162. The van der Waals surface area contributed by atoms with Gasteiger partial charge in [-0.2, -0.15) is 5.26 Å². The van der Waals surface area contributed by atoms with E-state index in [1.807, 2.05) is 29.2 Å². The fourth-order valence-electron chi connectivity index (χ4n) is 4.73. The van der Waals surface area contributed by atoms with Crippen molar-refractivity contribution in [1.29, 1.82) is 5.26 Å². The average Bonchev–Trinajstić information content (AvgIpc) is 2.82. The second kappa shape index (κ2) is 10.0. The second-order valence-corrected chi connectivity index (χ2v) is 9.39. The van der Waals surface area contributed by atoms with Gasteiger partial charge >= 0.3 is 0 Å². The van der Waals surface area contributed by atoms with Crippen LogP contribution in [0.2, 0.25) is 0 Å². The van der Waals surface area contributed by atoms with Crippen LogP contribution in [0.15, 0.2) is 53.4 Å². The Kier molecular flexibility index (Phi) is 6.93. The summed E-state index contributed by atoms with van der Waals surface area (Å²) in [5.41, 5.74) is 1.79. The van der Waals surface area contributed by atoms with E-state index in [1.54, 1.807) is 24.3 Å². The third-order valence-electron chi connectivity index (χ3n) is 6.33. The molecule has 2 aliphatic rings. The van der Waals surface area contributed by atoms with Gasteiger partial charge in [0.05, 0.1) is 22.9 Å². The highest BCUT2D eigenvalue weighted by atomic mass is 32.2. The number of piperidine rings is 1. The number of anilines is 1. The van der Waals surface area contributed by atoms with Crippen molar-refractivity contribution in [3.8, 4) is 6.07 Å². The first-order valence-electron chi connectivity index (χ1n) is 10.9. The Balaban J connectivity index is 1.38. The van der Waals surface area contributed by atoms with Crippen LogP contribution in [0.5, 0.6) is 0 Å². The predicted octanol–water partition coefficient (Wildman–Crippen LogP) is 4.94. The van der Waals surface area contributed by atoms with Crippen LogP contribution in [0.1, 0.15) is 48.0 Å². The highest BCUT2D eigenvalue weighted by molar-refractivity contribution is 8.00. The maximum atomic E-state index is 13.3. The molecular formula is C25H27N3O2S. The van der Waals surface area contributed by atoms with Crippen molar-refractivity contribution in [2.75, 3.05) is 24.2 Å². The molecule has 160 valence electrons. The molecule has 6 heteroatoms. The van der Waals surface area contributed by atoms with Gasteiger partial charge in [-0.25, -0.2) is 0 Å². The number of nitrogens with one attached hydrogen (secondary N) is 1. The number of amides is 2. The van der Waals surface area contributed by atoms with Crippen LogP contribution >= 0.6 is 11.8 Å². The molecule has 1 saturated carbocycles. The molecule has 1 aliphatic carbocycles. The molecule has 1 aliphatic heterocycles. The number of hydrogen-bond donors (Lipinski definition) is 1. The fourth-order valence-corrected chi connectivity index (χ4v) is 5.58. The molecule has 0 radical (unpaired) electrons. The van der Waals surface area contributed by atoms with E-state index in [4.69, 9.17) is 5.26 Å². The Morgan fingerprint density at radius 3 is 2.71 bits per heavy atom. The molecule has 2 aromatic rings. The third-order valence-corrected chi connectivity index (χ3v) is 7.40. The summed E-state index contributed by atoms with van der Waals surface area (Å²) in [7, 11) is 0. The number of hydrogen-bond acceptors (Lipinski definition) is 4. The largest absolute Gasteiger partial charge is 0.338 e. The lowest BCUT2D eigenvalue weighted by molar-refractivity contribution is -0.113. The summed E-state index contributed by atoms with van der Waals surface area (Å²) in [5, 5.41) is 11.8. The van der Waals surface area contributed by atoms with E-state index < -0.39 is 0 Å². The summed E-state index contributed by atoms with van der Waals surface area (Å²) in [6, 6.07) is 16.5. The molecule has 0 unspecified atom stereocenters. The zero-order valence-electron chi connectivity index (χ0n) is 17.5. The summed E-state index contributed by atoms with van der Waals surface area (Å²) in [6.45, 7) is 1.69. The first kappa shape index (κ1) is 21.5. The summed E-state index contributed by atoms with van der Waals surface area (Å²) < 4.78 is 0. The standard InChI is InChI=1S/C25H27N3O2S/c26-15-18-6-5-9-21(14-18)27-24(29)17-31-23-11-4-3-10-22(23)25(30)28-13-12-19-7-1-2-8-20(19)16-28/h3-6,9-11,14,19-20H,1-2,7-8,12-13,16-17H2,(H,27,29)/t19-,20+/m0/s1. The van der Waals surface area contributed by atoms with Gasteiger partial charge in [0, 0.05) is 23.7 Å². The summed E-state index contributed by atoms with van der Waals surface area (Å²) in [5.74, 6) is 1.54. The van der Waals surface area contributed by atoms with Crippen LogP contribution in [0.4, 0.5) is 5.69 Å². The van der Waals surface area contributed by atoms with Gasteiger partial charge < -0.3 is 10.2 Å². The van der Waals surface area contributed by atoms with Gasteiger partial charge in [0.25, 0.3) is 5.91 Å². The minimum Gasteiger partial charge on any atom is -0.338 e. The van der Waals surface area contributed by atoms with E-state index >= 15 is 0 Å². The summed E-state index contributed by atoms with van der Waals surface area (Å²) in [4.78, 5) is 28.5. The smallest absolute Gasteiger partial charge is 0.254 e. The Morgan fingerprint density at radius 1 is 1.06 bits per heavy atom. The number of rotatable bonds is 5. The van der Waals surface area contributed by atoms with Gasteiger partial charge in [0.2, 0.25) is 5.91 Å². The SMILES string of the molecule is N#Cc1cccc(NC(=O)CSc2ccccc2C(=O)N2CC[C@@H]3CCCC[C@@H]3C2)c1. The van der Waals surface area contributed by atoms with Crippen molar-refractivity contribution in [3.05, 3.63) is 59.7 Å². The minimum absolute atomic E-state index is 0.0780. The molecule has 2 aromatic carbocycles. The number of carbonyl (C=O) groups excluding carboxylic acids is 2. The van der Waals surface area contributed by atoms with E-state index in [1.165, 1.54) is 37.4 Å².